The number of rotatable bonds is 6. The maximum Gasteiger partial charge on any atom is 0.258 e. The third-order valence-electron chi connectivity index (χ3n) is 5.41. The first-order chi connectivity index (χ1) is 16.1. The predicted molar refractivity (Wildman–Crippen MR) is 138 cm³/mol. The quantitative estimate of drug-likeness (QED) is 0.369. The Morgan fingerprint density at radius 2 is 1.71 bits per heavy atom. The van der Waals surface area contributed by atoms with E-state index in [1.54, 1.807) is 23.0 Å². The van der Waals surface area contributed by atoms with Gasteiger partial charge in [0, 0.05) is 24.3 Å². The first-order valence-corrected chi connectivity index (χ1v) is 13.8. The summed E-state index contributed by atoms with van der Waals surface area (Å²) in [6, 6.07) is 9.85. The highest BCUT2D eigenvalue weighted by Gasteiger charge is 2.30. The van der Waals surface area contributed by atoms with Crippen LogP contribution in [-0.4, -0.2) is 41.5 Å². The molecule has 1 aliphatic heterocycles. The normalized spacial score (nSPS) is 14.8. The molecule has 0 bridgehead atoms. The Labute approximate surface area is 221 Å². The van der Waals surface area contributed by atoms with Crippen LogP contribution in [0, 0.1) is 0 Å². The third-order valence-corrected chi connectivity index (χ3v) is 8.91. The van der Waals surface area contributed by atoms with Crippen LogP contribution in [0.2, 0.25) is 15.1 Å². The fraction of sp³-hybridized carbons (Fsp3) is 0.273. The largest absolute Gasteiger partial charge is 0.304 e. The maximum atomic E-state index is 13.1. The summed E-state index contributed by atoms with van der Waals surface area (Å²) in [5.41, 5.74) is 0.964. The van der Waals surface area contributed by atoms with E-state index in [2.05, 4.69) is 26.3 Å². The van der Waals surface area contributed by atoms with Gasteiger partial charge in [-0.2, -0.15) is 9.40 Å². The third kappa shape index (κ3) is 5.61. The fourth-order valence-corrected chi connectivity index (χ4v) is 6.55. The zero-order valence-electron chi connectivity index (χ0n) is 17.8. The number of anilines is 1. The van der Waals surface area contributed by atoms with Crippen molar-refractivity contribution < 1.29 is 13.2 Å². The lowest BCUT2D eigenvalue weighted by Crippen LogP contribution is -2.35. The van der Waals surface area contributed by atoms with Crippen LogP contribution < -0.4 is 5.32 Å². The summed E-state index contributed by atoms with van der Waals surface area (Å²) in [4.78, 5) is 12.9. The van der Waals surface area contributed by atoms with E-state index >= 15 is 0 Å². The van der Waals surface area contributed by atoms with Crippen LogP contribution in [0.4, 0.5) is 5.82 Å². The van der Waals surface area contributed by atoms with Gasteiger partial charge < -0.3 is 5.32 Å². The van der Waals surface area contributed by atoms with Crippen molar-refractivity contribution in [1.82, 2.24) is 14.1 Å². The van der Waals surface area contributed by atoms with Gasteiger partial charge in [-0.05, 0) is 58.6 Å². The summed E-state index contributed by atoms with van der Waals surface area (Å²) < 4.78 is 29.9. The monoisotopic (exact) mass is 604 g/mol. The molecule has 1 amide bonds. The van der Waals surface area contributed by atoms with Gasteiger partial charge in [-0.25, -0.2) is 8.42 Å². The topological polar surface area (TPSA) is 84.3 Å². The highest BCUT2D eigenvalue weighted by molar-refractivity contribution is 9.10. The number of nitrogens with zero attached hydrogens (tertiary/aromatic N) is 3. The number of piperidine rings is 1. The Morgan fingerprint density at radius 1 is 1.03 bits per heavy atom. The van der Waals surface area contributed by atoms with Gasteiger partial charge in [0.05, 0.1) is 26.6 Å². The van der Waals surface area contributed by atoms with E-state index in [4.69, 9.17) is 34.8 Å². The molecule has 1 aliphatic rings. The molecule has 180 valence electrons. The van der Waals surface area contributed by atoms with E-state index in [1.807, 2.05) is 12.1 Å². The van der Waals surface area contributed by atoms with Crippen molar-refractivity contribution in [2.24, 2.45) is 0 Å². The molecule has 0 radical (unpaired) electrons. The molecule has 2 heterocycles. The molecule has 1 saturated heterocycles. The smallest absolute Gasteiger partial charge is 0.258 e. The van der Waals surface area contributed by atoms with Crippen molar-refractivity contribution in [2.45, 2.75) is 30.7 Å². The maximum absolute atomic E-state index is 13.1. The van der Waals surface area contributed by atoms with E-state index in [1.165, 1.54) is 16.4 Å². The molecule has 0 saturated carbocycles. The first-order valence-electron chi connectivity index (χ1n) is 10.4. The van der Waals surface area contributed by atoms with Gasteiger partial charge in [-0.15, -0.1) is 0 Å². The lowest BCUT2D eigenvalue weighted by molar-refractivity contribution is 0.102. The van der Waals surface area contributed by atoms with Crippen LogP contribution in [0.25, 0.3) is 0 Å². The summed E-state index contributed by atoms with van der Waals surface area (Å²) in [6.45, 7) is 1.30. The van der Waals surface area contributed by atoms with E-state index in [0.29, 0.717) is 29.1 Å². The number of carbonyl (C=O) groups excluding carboxylic acids is 1. The lowest BCUT2D eigenvalue weighted by Gasteiger charge is -2.26. The molecule has 12 heteroatoms. The van der Waals surface area contributed by atoms with E-state index < -0.39 is 15.9 Å². The summed E-state index contributed by atoms with van der Waals surface area (Å²) >= 11 is 21.8. The molecular weight excluding hydrogens is 587 g/mol. The zero-order valence-corrected chi connectivity index (χ0v) is 22.4. The molecule has 0 spiro atoms. The van der Waals surface area contributed by atoms with Gasteiger partial charge in [0.25, 0.3) is 5.91 Å². The number of amides is 1. The van der Waals surface area contributed by atoms with Gasteiger partial charge in [0.15, 0.2) is 5.82 Å². The van der Waals surface area contributed by atoms with Crippen molar-refractivity contribution in [2.75, 3.05) is 18.4 Å². The summed E-state index contributed by atoms with van der Waals surface area (Å²) in [6.07, 6.45) is 4.27. The number of nitrogens with one attached hydrogen (secondary N) is 1. The molecule has 4 rings (SSSR count). The number of hydrogen-bond acceptors (Lipinski definition) is 4. The van der Waals surface area contributed by atoms with Crippen LogP contribution in [0.5, 0.6) is 0 Å². The second-order valence-corrected chi connectivity index (χ2v) is 11.8. The van der Waals surface area contributed by atoms with E-state index in [-0.39, 0.29) is 26.3 Å². The number of carbonyl (C=O) groups is 1. The van der Waals surface area contributed by atoms with Gasteiger partial charge in [-0.1, -0.05) is 53.4 Å². The molecule has 1 aromatic heterocycles. The van der Waals surface area contributed by atoms with Crippen LogP contribution in [0.3, 0.4) is 0 Å². The van der Waals surface area contributed by atoms with Crippen LogP contribution in [0.15, 0.2) is 52.0 Å². The number of sulfonamides is 1. The number of halogens is 4. The summed E-state index contributed by atoms with van der Waals surface area (Å²) in [5.74, 6) is -0.334. The number of aromatic nitrogens is 2. The van der Waals surface area contributed by atoms with Crippen molar-refractivity contribution in [1.29, 1.82) is 0 Å². The number of benzene rings is 2. The van der Waals surface area contributed by atoms with Crippen molar-refractivity contribution in [3.8, 4) is 0 Å². The van der Waals surface area contributed by atoms with Crippen molar-refractivity contribution >= 4 is 72.5 Å². The Balaban J connectivity index is 1.57. The molecule has 0 aliphatic carbocycles. The van der Waals surface area contributed by atoms with E-state index in [0.717, 1.165) is 24.8 Å². The minimum atomic E-state index is -3.86. The van der Waals surface area contributed by atoms with Crippen molar-refractivity contribution in [3.63, 3.8) is 0 Å². The fourth-order valence-electron chi connectivity index (χ4n) is 3.66. The van der Waals surface area contributed by atoms with E-state index in [9.17, 15) is 13.2 Å². The minimum absolute atomic E-state index is 0.0131. The van der Waals surface area contributed by atoms with Gasteiger partial charge in [0.1, 0.15) is 4.90 Å². The zero-order chi connectivity index (χ0) is 24.5. The Bertz CT molecular complexity index is 1320. The second kappa shape index (κ2) is 10.6. The Morgan fingerprint density at radius 3 is 2.38 bits per heavy atom. The molecule has 34 heavy (non-hydrogen) atoms. The standard InChI is InChI=1S/C22H20BrCl3N4O3S/c23-17-13-29(12-14-4-6-15(24)7-5-14)28-21(17)27-22(31)16-10-20(19(26)11-18(16)25)34(32,33)30-8-2-1-3-9-30/h4-7,10-11,13H,1-3,8-9,12H2,(H,27,28,31). The van der Waals surface area contributed by atoms with Crippen LogP contribution in [0.1, 0.15) is 35.2 Å². The molecule has 7 nitrogen and oxygen atoms in total. The second-order valence-electron chi connectivity index (χ2n) is 7.83. The minimum Gasteiger partial charge on any atom is -0.304 e. The van der Waals surface area contributed by atoms with Crippen molar-refractivity contribution in [3.05, 3.63) is 73.3 Å². The molecule has 0 atom stereocenters. The highest BCUT2D eigenvalue weighted by atomic mass is 79.9. The average molecular weight is 607 g/mol. The molecular formula is C22H20BrCl3N4O3S. The summed E-state index contributed by atoms with van der Waals surface area (Å²) in [7, 11) is -3.86. The number of hydrogen-bond donors (Lipinski definition) is 1. The van der Waals surface area contributed by atoms with Crippen LogP contribution in [-0.2, 0) is 16.6 Å². The Hall–Kier alpha value is -1.62. The van der Waals surface area contributed by atoms with Gasteiger partial charge >= 0.3 is 0 Å². The lowest BCUT2D eigenvalue weighted by atomic mass is 10.2. The average Bonchev–Trinajstić information content (AvgIpc) is 3.14. The molecule has 0 unspecified atom stereocenters. The summed E-state index contributed by atoms with van der Waals surface area (Å²) in [5, 5.41) is 7.73. The molecule has 3 aromatic rings. The molecule has 1 N–H and O–H groups in total. The SMILES string of the molecule is O=C(Nc1nn(Cc2ccc(Cl)cc2)cc1Br)c1cc(S(=O)(=O)N2CCCCC2)c(Cl)cc1Cl. The van der Waals surface area contributed by atoms with Gasteiger partial charge in [0.2, 0.25) is 10.0 Å². The van der Waals surface area contributed by atoms with Gasteiger partial charge in [-0.3, -0.25) is 9.48 Å². The predicted octanol–water partition coefficient (Wildman–Crippen LogP) is 6.08. The highest BCUT2D eigenvalue weighted by Crippen LogP contribution is 2.32. The van der Waals surface area contributed by atoms with Crippen LogP contribution >= 0.6 is 50.7 Å². The molecule has 2 aromatic carbocycles. The first kappa shape index (κ1) is 25.5. The Kier molecular flexibility index (Phi) is 7.91. The molecule has 1 fully saturated rings.